The van der Waals surface area contributed by atoms with Crippen LogP contribution >= 0.6 is 0 Å². The van der Waals surface area contributed by atoms with E-state index in [2.05, 4.69) is 32.2 Å². The number of carboxylic acids is 1. The number of hydrogen-bond acceptors (Lipinski definition) is 11. The lowest BCUT2D eigenvalue weighted by atomic mass is 10.0. The highest BCUT2D eigenvalue weighted by atomic mass is 16.5. The van der Waals surface area contributed by atoms with Crippen molar-refractivity contribution < 1.29 is 38.6 Å². The van der Waals surface area contributed by atoms with E-state index >= 15 is 0 Å². The van der Waals surface area contributed by atoms with E-state index in [0.717, 1.165) is 11.3 Å². The molecule has 6 bridgehead atoms. The van der Waals surface area contributed by atoms with Crippen molar-refractivity contribution in [1.29, 1.82) is 0 Å². The molecule has 16 heteroatoms. The molecule has 3 aromatic carbocycles. The molecule has 56 heavy (non-hydrogen) atoms. The summed E-state index contributed by atoms with van der Waals surface area (Å²) < 4.78 is 11.9. The zero-order valence-electron chi connectivity index (χ0n) is 31.3. The van der Waals surface area contributed by atoms with E-state index in [1.807, 2.05) is 23.3 Å². The first-order valence-electron chi connectivity index (χ1n) is 18.7. The Morgan fingerprint density at radius 2 is 1.54 bits per heavy atom. The summed E-state index contributed by atoms with van der Waals surface area (Å²) in [6.45, 7) is 3.05. The standard InChI is InChI=1S/C40H48N8O8/c1-25(41-2)36(49)42-32-21-26-12-16-31(17-13-26)56-24-29-23-47(46-45-29)19-20-55-30-14-10-27(11-15-30)22-33(40(53)54)43-38(51)35(28-7-4-3-5-8-28)44-37(50)34-9-6-18-48(34)39(32)52/h3-5,7-8,10-17,23,25,32-35,41,45-46H,6,9,18-22,24H2,1-2H3,(H,42,49)(H,43,51)(H,44,50)(H,53,54)/t25-,32-,33-,34-,35-/m0/s1. The third-order valence-corrected chi connectivity index (χ3v) is 9.97. The SMILES string of the molecule is CN[C@@H](C)C(=O)N[C@H]1Cc2ccc(cc2)OCC2=CN(CCOc3ccc(cc3)C[C@@H](C(=O)O)NC(=O)[C@H](c3ccccc3)NC(=O)[C@@H]3CCCN3C1=O)NN2. The number of nitrogens with one attached hydrogen (secondary N) is 6. The number of carbonyl (C=O) groups is 5. The number of rotatable bonds is 5. The summed E-state index contributed by atoms with van der Waals surface area (Å²) in [6, 6.07) is 17.6. The number of carboxylic acid groups (broad SMARTS) is 1. The Bertz CT molecular complexity index is 1890. The minimum absolute atomic E-state index is 0.0253. The molecule has 16 nitrogen and oxygen atoms in total. The van der Waals surface area contributed by atoms with Gasteiger partial charge in [-0.15, -0.1) is 5.53 Å². The Hall–Kier alpha value is -6.13. The Balaban J connectivity index is 1.28. The van der Waals surface area contributed by atoms with Crippen LogP contribution in [0.15, 0.2) is 90.8 Å². The monoisotopic (exact) mass is 768 g/mol. The molecule has 0 saturated carbocycles. The quantitative estimate of drug-likeness (QED) is 0.194. The molecule has 6 aliphatic rings. The van der Waals surface area contributed by atoms with Crippen molar-refractivity contribution >= 4 is 29.6 Å². The summed E-state index contributed by atoms with van der Waals surface area (Å²) in [7, 11) is 1.64. The molecule has 0 unspecified atom stereocenters. The third kappa shape index (κ3) is 10.1. The van der Waals surface area contributed by atoms with Gasteiger partial charge < -0.3 is 46.2 Å². The zero-order chi connectivity index (χ0) is 39.6. The number of carbonyl (C=O) groups excluding carboxylic acids is 4. The average molecular weight is 769 g/mol. The number of hydrazine groups is 2. The van der Waals surface area contributed by atoms with Gasteiger partial charge in [-0.3, -0.25) is 24.2 Å². The Morgan fingerprint density at radius 1 is 0.857 bits per heavy atom. The molecule has 0 spiro atoms. The topological polar surface area (TPSA) is 203 Å². The van der Waals surface area contributed by atoms with Gasteiger partial charge in [-0.25, -0.2) is 4.79 Å². The van der Waals surface area contributed by atoms with E-state index in [4.69, 9.17) is 9.47 Å². The number of nitrogens with zero attached hydrogens (tertiary/aromatic N) is 2. The van der Waals surface area contributed by atoms with Gasteiger partial charge in [0.15, 0.2) is 0 Å². The Labute approximate surface area is 324 Å². The van der Waals surface area contributed by atoms with Crippen LogP contribution in [0, 0.1) is 0 Å². The van der Waals surface area contributed by atoms with E-state index in [0.29, 0.717) is 48.6 Å². The van der Waals surface area contributed by atoms with E-state index in [1.54, 1.807) is 80.7 Å². The first-order chi connectivity index (χ1) is 27.1. The molecular formula is C40H48N8O8. The van der Waals surface area contributed by atoms with Gasteiger partial charge in [0.25, 0.3) is 0 Å². The fraction of sp³-hybridized carbons (Fsp3) is 0.375. The summed E-state index contributed by atoms with van der Waals surface area (Å²) in [6.07, 6.45) is 2.84. The summed E-state index contributed by atoms with van der Waals surface area (Å²) in [5.41, 5.74) is 8.75. The van der Waals surface area contributed by atoms with Crippen LogP contribution in [0.2, 0.25) is 0 Å². The molecule has 7 N–H and O–H groups in total. The molecule has 5 atom stereocenters. The van der Waals surface area contributed by atoms with Gasteiger partial charge in [0.05, 0.1) is 18.3 Å². The fourth-order valence-corrected chi connectivity index (χ4v) is 6.70. The van der Waals surface area contributed by atoms with Crippen molar-refractivity contribution in [2.75, 3.05) is 33.4 Å². The zero-order valence-corrected chi connectivity index (χ0v) is 31.3. The molecule has 6 aliphatic heterocycles. The smallest absolute Gasteiger partial charge is 0.326 e. The van der Waals surface area contributed by atoms with Gasteiger partial charge in [0, 0.05) is 25.6 Å². The van der Waals surface area contributed by atoms with Crippen LogP contribution in [-0.4, -0.2) is 102 Å². The maximum atomic E-state index is 14.3. The lowest BCUT2D eigenvalue weighted by Crippen LogP contribution is -2.57. The predicted molar refractivity (Wildman–Crippen MR) is 204 cm³/mol. The molecule has 9 rings (SSSR count). The first-order valence-corrected chi connectivity index (χ1v) is 18.7. The molecule has 0 aromatic heterocycles. The van der Waals surface area contributed by atoms with Crippen molar-refractivity contribution in [3.8, 4) is 11.5 Å². The number of aliphatic carboxylic acids is 1. The van der Waals surface area contributed by atoms with Gasteiger partial charge in [-0.2, -0.15) is 0 Å². The van der Waals surface area contributed by atoms with Gasteiger partial charge in [0.1, 0.15) is 48.9 Å². The minimum atomic E-state index is -1.31. The van der Waals surface area contributed by atoms with Crippen LogP contribution in [-0.2, 0) is 36.8 Å². The Kier molecular flexibility index (Phi) is 13.0. The van der Waals surface area contributed by atoms with E-state index in [1.165, 1.54) is 4.90 Å². The third-order valence-electron chi connectivity index (χ3n) is 9.97. The fourth-order valence-electron chi connectivity index (χ4n) is 6.70. The molecule has 0 aliphatic carbocycles. The second-order valence-corrected chi connectivity index (χ2v) is 13.9. The molecule has 1 saturated heterocycles. The number of benzene rings is 3. The van der Waals surface area contributed by atoms with Crippen LogP contribution in [0.1, 0.15) is 42.5 Å². The molecule has 1 fully saturated rings. The highest BCUT2D eigenvalue weighted by molar-refractivity contribution is 5.96. The lowest BCUT2D eigenvalue weighted by Gasteiger charge is -2.30. The van der Waals surface area contributed by atoms with Crippen LogP contribution in [0.25, 0.3) is 0 Å². The summed E-state index contributed by atoms with van der Waals surface area (Å²) >= 11 is 0. The first kappa shape index (κ1) is 39.6. The molecule has 296 valence electrons. The van der Waals surface area contributed by atoms with Gasteiger partial charge in [-0.1, -0.05) is 54.6 Å². The normalized spacial score (nSPS) is 22.9. The van der Waals surface area contributed by atoms with Gasteiger partial charge >= 0.3 is 5.97 Å². The minimum Gasteiger partial charge on any atom is -0.492 e. The van der Waals surface area contributed by atoms with Crippen molar-refractivity contribution in [1.82, 2.24) is 42.1 Å². The van der Waals surface area contributed by atoms with Crippen molar-refractivity contribution in [3.05, 3.63) is 107 Å². The molecule has 3 aromatic rings. The second-order valence-electron chi connectivity index (χ2n) is 13.9. The summed E-state index contributed by atoms with van der Waals surface area (Å²) in [5.74, 6) is -2.16. The van der Waals surface area contributed by atoms with Crippen molar-refractivity contribution in [2.24, 2.45) is 0 Å². The van der Waals surface area contributed by atoms with Crippen LogP contribution in [0.4, 0.5) is 0 Å². The Morgan fingerprint density at radius 3 is 2.21 bits per heavy atom. The van der Waals surface area contributed by atoms with E-state index in [9.17, 15) is 29.1 Å². The summed E-state index contributed by atoms with van der Waals surface area (Å²) in [4.78, 5) is 69.2. The van der Waals surface area contributed by atoms with Crippen LogP contribution < -0.4 is 41.7 Å². The number of hydrogen-bond donors (Lipinski definition) is 7. The van der Waals surface area contributed by atoms with Gasteiger partial charge in [-0.05, 0) is 67.8 Å². The van der Waals surface area contributed by atoms with Gasteiger partial charge in [0.2, 0.25) is 23.6 Å². The number of likely N-dealkylation sites (N-methyl/N-ethyl adjacent to an activating group) is 1. The largest absolute Gasteiger partial charge is 0.492 e. The number of amides is 4. The summed E-state index contributed by atoms with van der Waals surface area (Å²) in [5, 5.41) is 23.1. The number of ether oxygens (including phenoxy) is 2. The maximum Gasteiger partial charge on any atom is 0.326 e. The van der Waals surface area contributed by atoms with Crippen LogP contribution in [0.5, 0.6) is 11.5 Å². The maximum absolute atomic E-state index is 14.3. The molecule has 0 radical (unpaired) electrons. The molecule has 6 heterocycles. The molecule has 4 amide bonds. The van der Waals surface area contributed by atoms with Crippen molar-refractivity contribution in [3.63, 3.8) is 0 Å². The van der Waals surface area contributed by atoms with Crippen LogP contribution in [0.3, 0.4) is 0 Å². The highest BCUT2D eigenvalue weighted by Gasteiger charge is 2.40. The lowest BCUT2D eigenvalue weighted by molar-refractivity contribution is -0.143. The second kappa shape index (κ2) is 18.5. The van der Waals surface area contributed by atoms with E-state index < -0.39 is 53.9 Å². The predicted octanol–water partition coefficient (Wildman–Crippen LogP) is 0.920. The van der Waals surface area contributed by atoms with E-state index in [-0.39, 0.29) is 31.9 Å². The average Bonchev–Trinajstić information content (AvgIpc) is 3.89. The highest BCUT2D eigenvalue weighted by Crippen LogP contribution is 2.23. The van der Waals surface area contributed by atoms with Crippen molar-refractivity contribution in [2.45, 2.75) is 62.8 Å². The molecular weight excluding hydrogens is 720 g/mol.